The zero-order chi connectivity index (χ0) is 11.4. The number of ether oxygens (including phenoxy) is 1. The highest BCUT2D eigenvalue weighted by atomic mass is 32.1. The lowest BCUT2D eigenvalue weighted by Crippen LogP contribution is -2.15. The highest BCUT2D eigenvalue weighted by Gasteiger charge is 2.20. The lowest BCUT2D eigenvalue weighted by atomic mass is 9.97. The van der Waals surface area contributed by atoms with Crippen molar-refractivity contribution in [1.29, 1.82) is 0 Å². The summed E-state index contributed by atoms with van der Waals surface area (Å²) in [4.78, 5) is 4.76. The van der Waals surface area contributed by atoms with Crippen molar-refractivity contribution in [2.75, 3.05) is 19.8 Å². The van der Waals surface area contributed by atoms with Gasteiger partial charge in [-0.3, -0.25) is 0 Å². The van der Waals surface area contributed by atoms with Crippen molar-refractivity contribution in [3.05, 3.63) is 16.1 Å². The van der Waals surface area contributed by atoms with Gasteiger partial charge in [0, 0.05) is 37.0 Å². The molecule has 1 unspecified atom stereocenters. The molecule has 1 atom stereocenters. The predicted octanol–water partition coefficient (Wildman–Crippen LogP) is 2.49. The molecule has 0 aromatic carbocycles. The van der Waals surface area contributed by atoms with Gasteiger partial charge in [0.15, 0.2) is 0 Å². The van der Waals surface area contributed by atoms with E-state index in [1.54, 1.807) is 11.3 Å². The van der Waals surface area contributed by atoms with Crippen molar-refractivity contribution >= 4 is 11.3 Å². The maximum atomic E-state index is 5.75. The Bertz CT molecular complexity index is 317. The molecule has 0 aliphatic carbocycles. The second-order valence-electron chi connectivity index (χ2n) is 4.34. The Morgan fingerprint density at radius 3 is 2.94 bits per heavy atom. The molecule has 1 fully saturated rings. The van der Waals surface area contributed by atoms with Crippen LogP contribution in [0.15, 0.2) is 5.38 Å². The molecule has 3 nitrogen and oxygen atoms in total. The first-order chi connectivity index (χ1) is 7.85. The van der Waals surface area contributed by atoms with Crippen LogP contribution in [0.25, 0.3) is 0 Å². The van der Waals surface area contributed by atoms with Crippen LogP contribution < -0.4 is 5.73 Å². The molecular weight excluding hydrogens is 220 g/mol. The Morgan fingerprint density at radius 1 is 1.56 bits per heavy atom. The fraction of sp³-hybridized carbons (Fsp3) is 0.750. The number of rotatable bonds is 4. The van der Waals surface area contributed by atoms with Crippen LogP contribution in [0.2, 0.25) is 0 Å². The number of hydrogen-bond donors (Lipinski definition) is 1. The van der Waals surface area contributed by atoms with E-state index in [-0.39, 0.29) is 0 Å². The van der Waals surface area contributed by atoms with Crippen LogP contribution in [0.1, 0.15) is 48.7 Å². The molecule has 16 heavy (non-hydrogen) atoms. The topological polar surface area (TPSA) is 48.1 Å². The van der Waals surface area contributed by atoms with E-state index < -0.39 is 0 Å². The average molecular weight is 240 g/mol. The van der Waals surface area contributed by atoms with Crippen LogP contribution in [0, 0.1) is 0 Å². The van der Waals surface area contributed by atoms with Gasteiger partial charge in [-0.25, -0.2) is 4.98 Å². The summed E-state index contributed by atoms with van der Waals surface area (Å²) in [5.41, 5.74) is 7.01. The average Bonchev–Trinajstić information content (AvgIpc) is 2.81. The van der Waals surface area contributed by atoms with E-state index >= 15 is 0 Å². The van der Waals surface area contributed by atoms with E-state index in [1.807, 2.05) is 0 Å². The molecule has 0 amide bonds. The van der Waals surface area contributed by atoms with Crippen LogP contribution in [0.5, 0.6) is 0 Å². The van der Waals surface area contributed by atoms with Gasteiger partial charge in [0.1, 0.15) is 0 Å². The van der Waals surface area contributed by atoms with Crippen LogP contribution in [-0.4, -0.2) is 24.7 Å². The maximum absolute atomic E-state index is 5.75. The second kappa shape index (κ2) is 5.75. The highest BCUT2D eigenvalue weighted by molar-refractivity contribution is 7.09. The van der Waals surface area contributed by atoms with Crippen molar-refractivity contribution in [3.63, 3.8) is 0 Å². The Hall–Kier alpha value is -0.450. The summed E-state index contributed by atoms with van der Waals surface area (Å²) in [6.45, 7) is 4.64. The van der Waals surface area contributed by atoms with Gasteiger partial charge >= 0.3 is 0 Å². The van der Waals surface area contributed by atoms with Crippen molar-refractivity contribution in [3.8, 4) is 0 Å². The minimum Gasteiger partial charge on any atom is -0.381 e. The van der Waals surface area contributed by atoms with Gasteiger partial charge in [0.2, 0.25) is 0 Å². The van der Waals surface area contributed by atoms with E-state index in [9.17, 15) is 0 Å². The molecule has 0 bridgehead atoms. The minimum atomic E-state index is 0.443. The van der Waals surface area contributed by atoms with Crippen LogP contribution in [-0.2, 0) is 4.74 Å². The van der Waals surface area contributed by atoms with Crippen molar-refractivity contribution in [1.82, 2.24) is 4.98 Å². The minimum absolute atomic E-state index is 0.443. The smallest absolute Gasteiger partial charge is 0.0971 e. The molecule has 90 valence electrons. The van der Waals surface area contributed by atoms with E-state index in [0.717, 1.165) is 32.5 Å². The molecule has 0 spiro atoms. The van der Waals surface area contributed by atoms with E-state index in [4.69, 9.17) is 15.5 Å². The summed E-state index contributed by atoms with van der Waals surface area (Å²) in [5.74, 6) is 1.05. The van der Waals surface area contributed by atoms with Gasteiger partial charge in [-0.05, 0) is 19.3 Å². The molecular formula is C12H20N2OS. The summed E-state index contributed by atoms with van der Waals surface area (Å²) in [5, 5.41) is 3.43. The molecule has 2 rings (SSSR count). The van der Waals surface area contributed by atoms with E-state index in [1.165, 1.54) is 10.7 Å². The molecule has 4 heteroatoms. The number of thiazole rings is 1. The largest absolute Gasteiger partial charge is 0.381 e. The Kier molecular flexibility index (Phi) is 4.32. The number of aromatic nitrogens is 1. The van der Waals surface area contributed by atoms with Gasteiger partial charge in [-0.15, -0.1) is 11.3 Å². The fourth-order valence-corrected chi connectivity index (χ4v) is 3.21. The molecule has 0 saturated carbocycles. The highest BCUT2D eigenvalue weighted by Crippen LogP contribution is 2.30. The van der Waals surface area contributed by atoms with Gasteiger partial charge < -0.3 is 10.5 Å². The second-order valence-corrected chi connectivity index (χ2v) is 5.23. The van der Waals surface area contributed by atoms with Crippen molar-refractivity contribution < 1.29 is 4.74 Å². The third kappa shape index (κ3) is 2.62. The third-order valence-corrected chi connectivity index (χ3v) is 4.33. The Balaban J connectivity index is 2.05. The molecule has 1 aliphatic heterocycles. The number of hydrogen-bond acceptors (Lipinski definition) is 4. The van der Waals surface area contributed by atoms with Crippen LogP contribution in [0.4, 0.5) is 0 Å². The SMILES string of the molecule is CCC(CN)c1nc(C2CCOCC2)cs1. The number of nitrogens with zero attached hydrogens (tertiary/aromatic N) is 1. The van der Waals surface area contributed by atoms with Crippen LogP contribution in [0.3, 0.4) is 0 Å². The molecule has 1 aromatic rings. The quantitative estimate of drug-likeness (QED) is 0.879. The fourth-order valence-electron chi connectivity index (χ4n) is 2.11. The number of nitrogens with two attached hydrogens (primary N) is 1. The van der Waals surface area contributed by atoms with Gasteiger partial charge in [-0.2, -0.15) is 0 Å². The summed E-state index contributed by atoms with van der Waals surface area (Å²) in [7, 11) is 0. The summed E-state index contributed by atoms with van der Waals surface area (Å²) in [6.07, 6.45) is 3.31. The lowest BCUT2D eigenvalue weighted by Gasteiger charge is -2.20. The Labute approximate surface area is 101 Å². The van der Waals surface area contributed by atoms with Gasteiger partial charge in [-0.1, -0.05) is 6.92 Å². The van der Waals surface area contributed by atoms with Crippen molar-refractivity contribution in [2.45, 2.75) is 38.0 Å². The summed E-state index contributed by atoms with van der Waals surface area (Å²) in [6, 6.07) is 0. The molecule has 2 N–H and O–H groups in total. The normalized spacial score (nSPS) is 19.9. The van der Waals surface area contributed by atoms with E-state index in [2.05, 4.69) is 12.3 Å². The van der Waals surface area contributed by atoms with E-state index in [0.29, 0.717) is 18.4 Å². The lowest BCUT2D eigenvalue weighted by molar-refractivity contribution is 0.0846. The summed E-state index contributed by atoms with van der Waals surface area (Å²) < 4.78 is 5.37. The third-order valence-electron chi connectivity index (χ3n) is 3.31. The summed E-state index contributed by atoms with van der Waals surface area (Å²) >= 11 is 1.77. The monoisotopic (exact) mass is 240 g/mol. The zero-order valence-electron chi connectivity index (χ0n) is 9.82. The van der Waals surface area contributed by atoms with Gasteiger partial charge in [0.25, 0.3) is 0 Å². The van der Waals surface area contributed by atoms with Crippen molar-refractivity contribution in [2.24, 2.45) is 5.73 Å². The molecule has 2 heterocycles. The van der Waals surface area contributed by atoms with Gasteiger partial charge in [0.05, 0.1) is 10.7 Å². The molecule has 1 aliphatic rings. The Morgan fingerprint density at radius 2 is 2.31 bits per heavy atom. The first kappa shape index (κ1) is 12.0. The first-order valence-electron chi connectivity index (χ1n) is 6.08. The zero-order valence-corrected chi connectivity index (χ0v) is 10.6. The van der Waals surface area contributed by atoms with Crippen LogP contribution >= 0.6 is 11.3 Å². The standard InChI is InChI=1S/C12H20N2OS/c1-2-9(7-13)12-14-11(8-16-12)10-3-5-15-6-4-10/h8-10H,2-7,13H2,1H3. The first-order valence-corrected chi connectivity index (χ1v) is 6.96. The molecule has 0 radical (unpaired) electrons. The predicted molar refractivity (Wildman–Crippen MR) is 67.0 cm³/mol. The molecule has 1 aromatic heterocycles. The molecule has 1 saturated heterocycles. The maximum Gasteiger partial charge on any atom is 0.0971 e.